The molecule has 0 spiro atoms. The minimum Gasteiger partial charge on any atom is -0.493 e. The van der Waals surface area contributed by atoms with Gasteiger partial charge in [0.05, 0.1) is 13.7 Å². The van der Waals surface area contributed by atoms with E-state index in [0.29, 0.717) is 31.1 Å². The fraction of sp³-hybridized carbons (Fsp3) is 0.381. The van der Waals surface area contributed by atoms with Crippen LogP contribution in [0.15, 0.2) is 42.5 Å². The molecule has 2 aromatic rings. The van der Waals surface area contributed by atoms with Crippen molar-refractivity contribution >= 4 is 5.91 Å². The van der Waals surface area contributed by atoms with Gasteiger partial charge in [-0.05, 0) is 36.2 Å². The van der Waals surface area contributed by atoms with Crippen molar-refractivity contribution in [2.24, 2.45) is 0 Å². The van der Waals surface area contributed by atoms with E-state index in [2.05, 4.69) is 5.32 Å². The van der Waals surface area contributed by atoms with Crippen molar-refractivity contribution in [1.29, 1.82) is 0 Å². The van der Waals surface area contributed by atoms with Crippen LogP contribution in [-0.2, 0) is 11.2 Å². The van der Waals surface area contributed by atoms with Gasteiger partial charge in [-0.3, -0.25) is 4.79 Å². The highest BCUT2D eigenvalue weighted by molar-refractivity contribution is 5.76. The van der Waals surface area contributed by atoms with Crippen LogP contribution in [-0.4, -0.2) is 45.1 Å². The second kappa shape index (κ2) is 9.60. The largest absolute Gasteiger partial charge is 0.493 e. The highest BCUT2D eigenvalue weighted by Crippen LogP contribution is 2.31. The molecule has 2 aromatic carbocycles. The van der Waals surface area contributed by atoms with Crippen molar-refractivity contribution in [3.8, 4) is 23.0 Å². The number of para-hydroxylation sites is 2. The molecule has 0 saturated carbocycles. The zero-order chi connectivity index (χ0) is 21.6. The minimum atomic E-state index is -4.43. The van der Waals surface area contributed by atoms with E-state index in [1.54, 1.807) is 18.2 Å². The summed E-state index contributed by atoms with van der Waals surface area (Å²) in [5, 5.41) is 2.81. The number of amides is 1. The Labute approximate surface area is 171 Å². The van der Waals surface area contributed by atoms with Crippen LogP contribution in [0.4, 0.5) is 13.2 Å². The van der Waals surface area contributed by atoms with Gasteiger partial charge >= 0.3 is 6.18 Å². The predicted octanol–water partition coefficient (Wildman–Crippen LogP) is 3.53. The first-order valence-electron chi connectivity index (χ1n) is 9.35. The normalized spacial score (nSPS) is 15.4. The van der Waals surface area contributed by atoms with Crippen molar-refractivity contribution in [2.75, 3.05) is 26.9 Å². The summed E-state index contributed by atoms with van der Waals surface area (Å²) < 4.78 is 58.2. The molecule has 1 unspecified atom stereocenters. The van der Waals surface area contributed by atoms with Gasteiger partial charge in [0.25, 0.3) is 0 Å². The maximum Gasteiger partial charge on any atom is 0.422 e. The lowest BCUT2D eigenvalue weighted by atomic mass is 10.1. The Kier molecular flexibility index (Phi) is 6.91. The summed E-state index contributed by atoms with van der Waals surface area (Å²) >= 11 is 0. The van der Waals surface area contributed by atoms with Gasteiger partial charge in [0.15, 0.2) is 29.6 Å². The first-order chi connectivity index (χ1) is 14.3. The number of hydrogen-bond acceptors (Lipinski definition) is 5. The Hall–Kier alpha value is -3.10. The lowest BCUT2D eigenvalue weighted by Gasteiger charge is -2.26. The molecular formula is C21H22F3NO5. The summed E-state index contributed by atoms with van der Waals surface area (Å²) in [5.74, 6) is 1.33. The molecule has 1 heterocycles. The quantitative estimate of drug-likeness (QED) is 0.701. The van der Waals surface area contributed by atoms with Crippen molar-refractivity contribution < 1.29 is 36.9 Å². The molecule has 6 nitrogen and oxygen atoms in total. The number of alkyl halides is 3. The fourth-order valence-corrected chi connectivity index (χ4v) is 2.88. The van der Waals surface area contributed by atoms with Crippen LogP contribution >= 0.6 is 0 Å². The molecule has 9 heteroatoms. The third kappa shape index (κ3) is 6.20. The standard InChI is InChI=1S/C21H22F3NO5/c1-27-19-10-14(6-8-17(19)29-13-21(22,23)24)7-9-20(26)25-11-15-12-28-16-4-2-3-5-18(16)30-15/h2-6,8,10,15H,7,9,11-13H2,1H3,(H,25,26). The van der Waals surface area contributed by atoms with E-state index in [9.17, 15) is 18.0 Å². The highest BCUT2D eigenvalue weighted by atomic mass is 19.4. The number of carbonyl (C=O) groups excluding carboxylic acids is 1. The molecule has 0 bridgehead atoms. The Morgan fingerprint density at radius 3 is 2.67 bits per heavy atom. The molecule has 0 aromatic heterocycles. The number of hydrogen-bond donors (Lipinski definition) is 1. The third-order valence-corrected chi connectivity index (χ3v) is 4.35. The van der Waals surface area contributed by atoms with Gasteiger partial charge < -0.3 is 24.3 Å². The summed E-state index contributed by atoms with van der Waals surface area (Å²) in [6, 6.07) is 11.9. The molecule has 0 radical (unpaired) electrons. The number of methoxy groups -OCH3 is 1. The number of carbonyl (C=O) groups is 1. The lowest BCUT2D eigenvalue weighted by molar-refractivity contribution is -0.153. The van der Waals surface area contributed by atoms with Crippen LogP contribution < -0.4 is 24.3 Å². The molecule has 1 N–H and O–H groups in total. The lowest BCUT2D eigenvalue weighted by Crippen LogP contribution is -2.40. The van der Waals surface area contributed by atoms with Gasteiger partial charge in [0.2, 0.25) is 5.91 Å². The van der Waals surface area contributed by atoms with E-state index in [1.165, 1.54) is 13.2 Å². The van der Waals surface area contributed by atoms with Crippen molar-refractivity contribution in [1.82, 2.24) is 5.32 Å². The average molecular weight is 425 g/mol. The van der Waals surface area contributed by atoms with E-state index in [1.807, 2.05) is 18.2 Å². The van der Waals surface area contributed by atoms with Crippen LogP contribution in [0.25, 0.3) is 0 Å². The molecule has 1 amide bonds. The number of halogens is 3. The van der Waals surface area contributed by atoms with Crippen molar-refractivity contribution in [3.05, 3.63) is 48.0 Å². The smallest absolute Gasteiger partial charge is 0.422 e. The summed E-state index contributed by atoms with van der Waals surface area (Å²) in [6.07, 6.45) is -4.12. The van der Waals surface area contributed by atoms with Crippen LogP contribution in [0, 0.1) is 0 Å². The van der Waals surface area contributed by atoms with Crippen LogP contribution in [0.2, 0.25) is 0 Å². The molecule has 30 heavy (non-hydrogen) atoms. The van der Waals surface area contributed by atoms with Crippen LogP contribution in [0.3, 0.4) is 0 Å². The number of nitrogens with one attached hydrogen (secondary N) is 1. The summed E-state index contributed by atoms with van der Waals surface area (Å²) in [5.41, 5.74) is 0.743. The SMILES string of the molecule is COc1cc(CCC(=O)NCC2COc3ccccc3O2)ccc1OCC(F)(F)F. The molecule has 1 aliphatic rings. The maximum absolute atomic E-state index is 12.3. The van der Waals surface area contributed by atoms with Gasteiger partial charge in [-0.25, -0.2) is 0 Å². The van der Waals surface area contributed by atoms with E-state index >= 15 is 0 Å². The van der Waals surface area contributed by atoms with E-state index < -0.39 is 12.8 Å². The molecule has 0 fully saturated rings. The summed E-state index contributed by atoms with van der Waals surface area (Å²) in [4.78, 5) is 12.2. The predicted molar refractivity (Wildman–Crippen MR) is 102 cm³/mol. The Balaban J connectivity index is 1.45. The molecule has 3 rings (SSSR count). The Morgan fingerprint density at radius 1 is 1.17 bits per heavy atom. The Morgan fingerprint density at radius 2 is 1.93 bits per heavy atom. The number of benzene rings is 2. The highest BCUT2D eigenvalue weighted by Gasteiger charge is 2.29. The number of aryl methyl sites for hydroxylation is 1. The first kappa shape index (κ1) is 21.6. The topological polar surface area (TPSA) is 66.0 Å². The number of ether oxygens (including phenoxy) is 4. The fourth-order valence-electron chi connectivity index (χ4n) is 2.88. The van der Waals surface area contributed by atoms with E-state index in [4.69, 9.17) is 18.9 Å². The maximum atomic E-state index is 12.3. The molecule has 1 atom stereocenters. The molecule has 162 valence electrons. The minimum absolute atomic E-state index is 0.00208. The summed E-state index contributed by atoms with van der Waals surface area (Å²) in [6.45, 7) is -0.753. The Bertz CT molecular complexity index is 872. The monoisotopic (exact) mass is 425 g/mol. The van der Waals surface area contributed by atoms with Crippen molar-refractivity contribution in [3.63, 3.8) is 0 Å². The van der Waals surface area contributed by atoms with Gasteiger partial charge in [0.1, 0.15) is 12.7 Å². The second-order valence-corrected chi connectivity index (χ2v) is 6.69. The molecular weight excluding hydrogens is 403 g/mol. The average Bonchev–Trinajstić information content (AvgIpc) is 2.74. The zero-order valence-corrected chi connectivity index (χ0v) is 16.3. The van der Waals surface area contributed by atoms with Crippen LogP contribution in [0.1, 0.15) is 12.0 Å². The second-order valence-electron chi connectivity index (χ2n) is 6.69. The number of rotatable bonds is 8. The van der Waals surface area contributed by atoms with Crippen molar-refractivity contribution in [2.45, 2.75) is 25.1 Å². The first-order valence-corrected chi connectivity index (χ1v) is 9.35. The van der Waals surface area contributed by atoms with E-state index in [0.717, 1.165) is 5.56 Å². The third-order valence-electron chi connectivity index (χ3n) is 4.35. The van der Waals surface area contributed by atoms with Gasteiger partial charge in [-0.15, -0.1) is 0 Å². The zero-order valence-electron chi connectivity index (χ0n) is 16.3. The molecule has 0 aliphatic carbocycles. The van der Waals surface area contributed by atoms with Gasteiger partial charge in [-0.2, -0.15) is 13.2 Å². The molecule has 1 aliphatic heterocycles. The van der Waals surface area contributed by atoms with Crippen LogP contribution in [0.5, 0.6) is 23.0 Å². The van der Waals surface area contributed by atoms with Gasteiger partial charge in [-0.1, -0.05) is 18.2 Å². The van der Waals surface area contributed by atoms with Gasteiger partial charge in [0, 0.05) is 6.42 Å². The summed E-state index contributed by atoms with van der Waals surface area (Å²) in [7, 11) is 1.34. The molecule has 0 saturated heterocycles. The number of fused-ring (bicyclic) bond motifs is 1. The van der Waals surface area contributed by atoms with E-state index in [-0.39, 0.29) is 29.9 Å².